The van der Waals surface area contributed by atoms with E-state index in [1.807, 2.05) is 24.3 Å². The quantitative estimate of drug-likeness (QED) is 0.588. The summed E-state index contributed by atoms with van der Waals surface area (Å²) in [6.07, 6.45) is 0. The SMILES string of the molecule is COCC[NH2+]CCOCCOc1ccc(OC)cc1. The summed E-state index contributed by atoms with van der Waals surface area (Å²) in [4.78, 5) is 0. The summed E-state index contributed by atoms with van der Waals surface area (Å²) in [5.74, 6) is 1.66. The minimum Gasteiger partial charge on any atom is -0.497 e. The summed E-state index contributed by atoms with van der Waals surface area (Å²) in [5, 5.41) is 2.17. The third-order valence-electron chi connectivity index (χ3n) is 2.55. The number of hydrogen-bond donors (Lipinski definition) is 1. The van der Waals surface area contributed by atoms with E-state index in [-0.39, 0.29) is 0 Å². The zero-order chi connectivity index (χ0) is 13.8. The minimum absolute atomic E-state index is 0.560. The Balaban J connectivity index is 1.95. The first-order chi connectivity index (χ1) is 9.36. The number of hydrogen-bond acceptors (Lipinski definition) is 4. The molecule has 0 radical (unpaired) electrons. The molecule has 0 saturated carbocycles. The van der Waals surface area contributed by atoms with Crippen LogP contribution in [0, 0.1) is 0 Å². The van der Waals surface area contributed by atoms with E-state index in [2.05, 4.69) is 5.32 Å². The van der Waals surface area contributed by atoms with Crippen molar-refractivity contribution in [1.82, 2.24) is 0 Å². The molecule has 0 amide bonds. The average molecular weight is 270 g/mol. The fourth-order valence-electron chi connectivity index (χ4n) is 1.50. The van der Waals surface area contributed by atoms with Gasteiger partial charge in [0.2, 0.25) is 0 Å². The highest BCUT2D eigenvalue weighted by molar-refractivity contribution is 5.31. The summed E-state index contributed by atoms with van der Waals surface area (Å²) in [6, 6.07) is 7.52. The molecule has 0 aliphatic carbocycles. The molecular formula is C14H24NO4+. The van der Waals surface area contributed by atoms with Crippen molar-refractivity contribution in [2.75, 3.05) is 53.7 Å². The molecule has 5 heteroatoms. The van der Waals surface area contributed by atoms with Crippen molar-refractivity contribution in [3.8, 4) is 11.5 Å². The van der Waals surface area contributed by atoms with Crippen LogP contribution in [-0.4, -0.2) is 53.7 Å². The molecule has 1 aromatic rings. The highest BCUT2D eigenvalue weighted by atomic mass is 16.5. The molecule has 0 fully saturated rings. The molecule has 0 heterocycles. The number of methoxy groups -OCH3 is 2. The summed E-state index contributed by atoms with van der Waals surface area (Å²) in [6.45, 7) is 4.60. The van der Waals surface area contributed by atoms with Crippen LogP contribution in [0.15, 0.2) is 24.3 Å². The summed E-state index contributed by atoms with van der Waals surface area (Å²) in [7, 11) is 3.36. The lowest BCUT2D eigenvalue weighted by molar-refractivity contribution is -0.657. The van der Waals surface area contributed by atoms with Gasteiger partial charge in [-0.2, -0.15) is 0 Å². The lowest BCUT2D eigenvalue weighted by Gasteiger charge is -2.07. The Labute approximate surface area is 114 Å². The van der Waals surface area contributed by atoms with Gasteiger partial charge in [-0.3, -0.25) is 0 Å². The van der Waals surface area contributed by atoms with Crippen LogP contribution in [0.3, 0.4) is 0 Å². The predicted octanol–water partition coefficient (Wildman–Crippen LogP) is 0.300. The first-order valence-corrected chi connectivity index (χ1v) is 6.52. The van der Waals surface area contributed by atoms with Crippen LogP contribution in [0.2, 0.25) is 0 Å². The summed E-state index contributed by atoms with van der Waals surface area (Å²) < 4.78 is 21.0. The molecule has 2 N–H and O–H groups in total. The Morgan fingerprint density at radius 3 is 2.21 bits per heavy atom. The molecule has 108 valence electrons. The maximum Gasteiger partial charge on any atom is 0.119 e. The van der Waals surface area contributed by atoms with Gasteiger partial charge in [-0.25, -0.2) is 0 Å². The van der Waals surface area contributed by atoms with E-state index in [0.717, 1.165) is 37.8 Å². The Morgan fingerprint density at radius 2 is 1.53 bits per heavy atom. The third kappa shape index (κ3) is 7.66. The largest absolute Gasteiger partial charge is 0.497 e. The van der Waals surface area contributed by atoms with Crippen LogP contribution < -0.4 is 14.8 Å². The van der Waals surface area contributed by atoms with Crippen LogP contribution in [0.5, 0.6) is 11.5 Å². The Hall–Kier alpha value is -1.30. The molecule has 0 saturated heterocycles. The summed E-state index contributed by atoms with van der Waals surface area (Å²) >= 11 is 0. The first kappa shape index (κ1) is 15.8. The van der Waals surface area contributed by atoms with Crippen molar-refractivity contribution in [3.63, 3.8) is 0 Å². The van der Waals surface area contributed by atoms with Crippen molar-refractivity contribution in [1.29, 1.82) is 0 Å². The monoisotopic (exact) mass is 270 g/mol. The number of ether oxygens (including phenoxy) is 4. The van der Waals surface area contributed by atoms with Crippen LogP contribution >= 0.6 is 0 Å². The Bertz CT molecular complexity index is 316. The molecule has 0 unspecified atom stereocenters. The fourth-order valence-corrected chi connectivity index (χ4v) is 1.50. The van der Waals surface area contributed by atoms with Crippen molar-refractivity contribution in [3.05, 3.63) is 24.3 Å². The van der Waals surface area contributed by atoms with Crippen molar-refractivity contribution in [2.45, 2.75) is 0 Å². The van der Waals surface area contributed by atoms with Crippen LogP contribution in [-0.2, 0) is 9.47 Å². The van der Waals surface area contributed by atoms with Gasteiger partial charge < -0.3 is 24.3 Å². The van der Waals surface area contributed by atoms with E-state index >= 15 is 0 Å². The highest BCUT2D eigenvalue weighted by Gasteiger charge is 1.96. The number of benzene rings is 1. The molecular weight excluding hydrogens is 246 g/mol. The van der Waals surface area contributed by atoms with E-state index in [0.29, 0.717) is 13.2 Å². The second-order valence-electron chi connectivity index (χ2n) is 4.00. The van der Waals surface area contributed by atoms with Gasteiger partial charge >= 0.3 is 0 Å². The van der Waals surface area contributed by atoms with E-state index in [1.165, 1.54) is 0 Å². The van der Waals surface area contributed by atoms with E-state index < -0.39 is 0 Å². The zero-order valence-electron chi connectivity index (χ0n) is 11.8. The van der Waals surface area contributed by atoms with Crippen molar-refractivity contribution < 1.29 is 24.3 Å². The van der Waals surface area contributed by atoms with Gasteiger partial charge in [0.15, 0.2) is 0 Å². The summed E-state index contributed by atoms with van der Waals surface area (Å²) in [5.41, 5.74) is 0. The van der Waals surface area contributed by atoms with E-state index in [9.17, 15) is 0 Å². The normalized spacial score (nSPS) is 10.4. The molecule has 0 aliphatic rings. The molecule has 1 rings (SSSR count). The number of nitrogens with two attached hydrogens (primary N) is 1. The number of quaternary nitrogens is 1. The molecule has 0 bridgehead atoms. The van der Waals surface area contributed by atoms with Gasteiger partial charge in [-0.1, -0.05) is 0 Å². The average Bonchev–Trinajstić information content (AvgIpc) is 2.46. The lowest BCUT2D eigenvalue weighted by atomic mass is 10.3. The van der Waals surface area contributed by atoms with Gasteiger partial charge in [0.25, 0.3) is 0 Å². The molecule has 0 aromatic heterocycles. The van der Waals surface area contributed by atoms with Crippen molar-refractivity contribution in [2.24, 2.45) is 0 Å². The molecule has 0 atom stereocenters. The molecule has 0 spiro atoms. The Kier molecular flexibility index (Phi) is 8.80. The third-order valence-corrected chi connectivity index (χ3v) is 2.55. The first-order valence-electron chi connectivity index (χ1n) is 6.52. The Morgan fingerprint density at radius 1 is 0.842 bits per heavy atom. The van der Waals surface area contributed by atoms with Gasteiger partial charge in [0.1, 0.15) is 18.1 Å². The van der Waals surface area contributed by atoms with E-state index in [1.54, 1.807) is 14.2 Å². The number of rotatable bonds is 11. The maximum absolute atomic E-state index is 5.54. The van der Waals surface area contributed by atoms with Crippen molar-refractivity contribution >= 4 is 0 Å². The topological polar surface area (TPSA) is 53.5 Å². The van der Waals surface area contributed by atoms with Gasteiger partial charge in [0.05, 0.1) is 40.0 Å². The zero-order valence-corrected chi connectivity index (χ0v) is 11.8. The van der Waals surface area contributed by atoms with Gasteiger partial charge in [-0.15, -0.1) is 0 Å². The second-order valence-corrected chi connectivity index (χ2v) is 4.00. The van der Waals surface area contributed by atoms with Gasteiger partial charge in [0, 0.05) is 7.11 Å². The fraction of sp³-hybridized carbons (Fsp3) is 0.571. The second kappa shape index (κ2) is 10.6. The molecule has 5 nitrogen and oxygen atoms in total. The molecule has 0 aliphatic heterocycles. The minimum atomic E-state index is 0.560. The smallest absolute Gasteiger partial charge is 0.119 e. The lowest BCUT2D eigenvalue weighted by Crippen LogP contribution is -2.86. The molecule has 1 aromatic carbocycles. The van der Waals surface area contributed by atoms with Crippen LogP contribution in [0.4, 0.5) is 0 Å². The predicted molar refractivity (Wildman–Crippen MR) is 72.8 cm³/mol. The highest BCUT2D eigenvalue weighted by Crippen LogP contribution is 2.16. The van der Waals surface area contributed by atoms with Crippen LogP contribution in [0.1, 0.15) is 0 Å². The molecule has 19 heavy (non-hydrogen) atoms. The van der Waals surface area contributed by atoms with Gasteiger partial charge in [-0.05, 0) is 24.3 Å². The van der Waals surface area contributed by atoms with E-state index in [4.69, 9.17) is 18.9 Å². The standard InChI is InChI=1S/C14H23NO4/c1-16-9-7-15-8-10-18-11-12-19-14-5-3-13(17-2)4-6-14/h3-6,15H,7-12H2,1-2H3/p+1. The maximum atomic E-state index is 5.54. The van der Waals surface area contributed by atoms with Crippen LogP contribution in [0.25, 0.3) is 0 Å².